The highest BCUT2D eigenvalue weighted by atomic mass is 19.1. The van der Waals surface area contributed by atoms with E-state index in [0.29, 0.717) is 11.5 Å². The van der Waals surface area contributed by atoms with E-state index in [1.54, 1.807) is 13.0 Å². The topological polar surface area (TPSA) is 89.5 Å². The summed E-state index contributed by atoms with van der Waals surface area (Å²) in [6.45, 7) is 1.91. The molecule has 0 saturated carbocycles. The largest absolute Gasteiger partial charge is 0.361 e. The molecule has 2 aromatic rings. The van der Waals surface area contributed by atoms with Crippen LogP contribution in [0.1, 0.15) is 21.8 Å². The molecule has 0 unspecified atom stereocenters. The first-order valence-corrected chi connectivity index (χ1v) is 6.00. The SMILES string of the molecule is Cc1cc(CN(C)C(=O)c2ccc(F)c([N+](=O)[O-])c2)no1. The Balaban J connectivity index is 2.19. The minimum atomic E-state index is -0.980. The van der Waals surface area contributed by atoms with Crippen molar-refractivity contribution in [3.05, 3.63) is 57.2 Å². The number of hydrogen-bond donors (Lipinski definition) is 0. The Labute approximate surface area is 119 Å². The van der Waals surface area contributed by atoms with Crippen molar-refractivity contribution >= 4 is 11.6 Å². The van der Waals surface area contributed by atoms with Gasteiger partial charge in [-0.2, -0.15) is 4.39 Å². The van der Waals surface area contributed by atoms with E-state index in [9.17, 15) is 19.3 Å². The Bertz CT molecular complexity index is 698. The Morgan fingerprint density at radius 1 is 1.48 bits per heavy atom. The number of rotatable bonds is 4. The van der Waals surface area contributed by atoms with Crippen LogP contribution in [0.4, 0.5) is 10.1 Å². The molecule has 0 spiro atoms. The van der Waals surface area contributed by atoms with Crippen LogP contribution in [-0.4, -0.2) is 27.9 Å². The van der Waals surface area contributed by atoms with Gasteiger partial charge in [-0.3, -0.25) is 14.9 Å². The molecule has 8 heteroatoms. The van der Waals surface area contributed by atoms with Crippen LogP contribution in [-0.2, 0) is 6.54 Å². The van der Waals surface area contributed by atoms with Gasteiger partial charge in [0.15, 0.2) is 0 Å². The molecule has 0 aliphatic rings. The lowest BCUT2D eigenvalue weighted by Gasteiger charge is -2.15. The van der Waals surface area contributed by atoms with Crippen molar-refractivity contribution in [2.24, 2.45) is 0 Å². The number of aromatic nitrogens is 1. The maximum absolute atomic E-state index is 13.2. The Morgan fingerprint density at radius 2 is 2.19 bits per heavy atom. The average molecular weight is 293 g/mol. The van der Waals surface area contributed by atoms with E-state index in [1.165, 1.54) is 18.0 Å². The van der Waals surface area contributed by atoms with Gasteiger partial charge >= 0.3 is 5.69 Å². The van der Waals surface area contributed by atoms with Crippen molar-refractivity contribution in [2.45, 2.75) is 13.5 Å². The van der Waals surface area contributed by atoms with Gasteiger partial charge in [0.2, 0.25) is 5.82 Å². The highest BCUT2D eigenvalue weighted by Crippen LogP contribution is 2.19. The van der Waals surface area contributed by atoms with Crippen LogP contribution in [0, 0.1) is 22.9 Å². The van der Waals surface area contributed by atoms with E-state index in [1.807, 2.05) is 0 Å². The maximum atomic E-state index is 13.2. The highest BCUT2D eigenvalue weighted by Gasteiger charge is 2.20. The molecule has 0 fully saturated rings. The van der Waals surface area contributed by atoms with Crippen molar-refractivity contribution in [3.63, 3.8) is 0 Å². The van der Waals surface area contributed by atoms with Gasteiger partial charge in [0.05, 0.1) is 11.5 Å². The summed E-state index contributed by atoms with van der Waals surface area (Å²) in [5, 5.41) is 14.4. The number of benzene rings is 1. The molecule has 1 heterocycles. The van der Waals surface area contributed by atoms with Crippen LogP contribution in [0.15, 0.2) is 28.8 Å². The number of amides is 1. The predicted octanol–water partition coefficient (Wildman–Crippen LogP) is 2.30. The second-order valence-electron chi connectivity index (χ2n) is 4.51. The zero-order valence-corrected chi connectivity index (χ0v) is 11.4. The van der Waals surface area contributed by atoms with Crippen LogP contribution in [0.25, 0.3) is 0 Å². The van der Waals surface area contributed by atoms with Crippen molar-refractivity contribution in [3.8, 4) is 0 Å². The summed E-state index contributed by atoms with van der Waals surface area (Å²) in [5.41, 5.74) is -0.141. The van der Waals surface area contributed by atoms with Gasteiger partial charge in [-0.1, -0.05) is 5.16 Å². The number of nitro groups is 1. The molecule has 0 radical (unpaired) electrons. The summed E-state index contributed by atoms with van der Waals surface area (Å²) in [6.07, 6.45) is 0. The highest BCUT2D eigenvalue weighted by molar-refractivity contribution is 5.94. The zero-order valence-electron chi connectivity index (χ0n) is 11.4. The summed E-state index contributed by atoms with van der Waals surface area (Å²) in [5.74, 6) is -0.839. The molecule has 0 saturated heterocycles. The third-order valence-corrected chi connectivity index (χ3v) is 2.81. The van der Waals surface area contributed by atoms with Crippen molar-refractivity contribution in [1.29, 1.82) is 0 Å². The van der Waals surface area contributed by atoms with Crippen LogP contribution in [0.5, 0.6) is 0 Å². The van der Waals surface area contributed by atoms with E-state index in [2.05, 4.69) is 5.16 Å². The summed E-state index contributed by atoms with van der Waals surface area (Å²) < 4.78 is 18.1. The van der Waals surface area contributed by atoms with E-state index < -0.39 is 22.3 Å². The van der Waals surface area contributed by atoms with Gasteiger partial charge in [-0.05, 0) is 19.1 Å². The summed E-state index contributed by atoms with van der Waals surface area (Å²) in [6, 6.07) is 4.70. The number of hydrogen-bond acceptors (Lipinski definition) is 5. The lowest BCUT2D eigenvalue weighted by atomic mass is 10.1. The van der Waals surface area contributed by atoms with E-state index in [-0.39, 0.29) is 12.1 Å². The minimum Gasteiger partial charge on any atom is -0.361 e. The van der Waals surface area contributed by atoms with Crippen LogP contribution < -0.4 is 0 Å². The molecule has 0 aliphatic carbocycles. The van der Waals surface area contributed by atoms with E-state index >= 15 is 0 Å². The van der Waals surface area contributed by atoms with E-state index in [4.69, 9.17) is 4.52 Å². The van der Waals surface area contributed by atoms with Gasteiger partial charge in [-0.25, -0.2) is 0 Å². The first kappa shape index (κ1) is 14.6. The van der Waals surface area contributed by atoms with Crippen molar-refractivity contribution < 1.29 is 18.6 Å². The normalized spacial score (nSPS) is 10.4. The summed E-state index contributed by atoms with van der Waals surface area (Å²) >= 11 is 0. The van der Waals surface area contributed by atoms with E-state index in [0.717, 1.165) is 12.1 Å². The Morgan fingerprint density at radius 3 is 2.76 bits per heavy atom. The molecule has 0 aliphatic heterocycles. The van der Waals surface area contributed by atoms with Crippen molar-refractivity contribution in [1.82, 2.24) is 10.1 Å². The molecule has 2 rings (SSSR count). The number of halogens is 1. The predicted molar refractivity (Wildman–Crippen MR) is 70.1 cm³/mol. The molecule has 1 amide bonds. The lowest BCUT2D eigenvalue weighted by Crippen LogP contribution is -2.26. The first-order valence-electron chi connectivity index (χ1n) is 6.00. The average Bonchev–Trinajstić information content (AvgIpc) is 2.83. The van der Waals surface area contributed by atoms with Crippen molar-refractivity contribution in [2.75, 3.05) is 7.05 Å². The van der Waals surface area contributed by atoms with Gasteiger partial charge in [0.25, 0.3) is 5.91 Å². The first-order chi connectivity index (χ1) is 9.88. The molecular weight excluding hydrogens is 281 g/mol. The molecule has 7 nitrogen and oxygen atoms in total. The van der Waals surface area contributed by atoms with Gasteiger partial charge in [-0.15, -0.1) is 0 Å². The fraction of sp³-hybridized carbons (Fsp3) is 0.231. The fourth-order valence-corrected chi connectivity index (χ4v) is 1.81. The molecule has 0 N–H and O–H groups in total. The number of nitro benzene ring substituents is 1. The lowest BCUT2D eigenvalue weighted by molar-refractivity contribution is -0.387. The molecular formula is C13H12FN3O4. The molecule has 1 aromatic heterocycles. The second-order valence-corrected chi connectivity index (χ2v) is 4.51. The van der Waals surface area contributed by atoms with Gasteiger partial charge in [0, 0.05) is 24.7 Å². The van der Waals surface area contributed by atoms with Crippen LogP contribution >= 0.6 is 0 Å². The number of carbonyl (C=O) groups excluding carboxylic acids is 1. The fourth-order valence-electron chi connectivity index (χ4n) is 1.81. The van der Waals surface area contributed by atoms with Gasteiger partial charge in [0.1, 0.15) is 11.5 Å². The smallest absolute Gasteiger partial charge is 0.305 e. The minimum absolute atomic E-state index is 0.0332. The second kappa shape index (κ2) is 5.70. The molecule has 110 valence electrons. The summed E-state index contributed by atoms with van der Waals surface area (Å²) in [4.78, 5) is 23.3. The summed E-state index contributed by atoms with van der Waals surface area (Å²) in [7, 11) is 1.52. The standard InChI is InChI=1S/C13H12FN3O4/c1-8-5-10(15-21-8)7-16(2)13(18)9-3-4-11(14)12(6-9)17(19)20/h3-6H,7H2,1-2H3. The van der Waals surface area contributed by atoms with Crippen LogP contribution in [0.2, 0.25) is 0 Å². The molecule has 0 atom stereocenters. The quantitative estimate of drug-likeness (QED) is 0.637. The monoisotopic (exact) mass is 293 g/mol. The number of nitrogens with zero attached hydrogens (tertiary/aromatic N) is 3. The number of aryl methyl sites for hydroxylation is 1. The van der Waals surface area contributed by atoms with Gasteiger partial charge < -0.3 is 9.42 Å². The van der Waals surface area contributed by atoms with Crippen LogP contribution in [0.3, 0.4) is 0 Å². The Hall–Kier alpha value is -2.77. The maximum Gasteiger partial charge on any atom is 0.305 e. The zero-order chi connectivity index (χ0) is 15.6. The third kappa shape index (κ3) is 3.22. The molecule has 21 heavy (non-hydrogen) atoms. The molecule has 1 aromatic carbocycles. The Kier molecular flexibility index (Phi) is 3.97. The molecule has 0 bridgehead atoms. The number of carbonyl (C=O) groups is 1. The third-order valence-electron chi connectivity index (χ3n) is 2.81.